The molecule has 0 radical (unpaired) electrons. The molecule has 0 saturated heterocycles. The molecule has 18 heavy (non-hydrogen) atoms. The van der Waals surface area contributed by atoms with Gasteiger partial charge in [0.1, 0.15) is 16.9 Å². The van der Waals surface area contributed by atoms with Crippen LogP contribution >= 0.6 is 34.4 Å². The van der Waals surface area contributed by atoms with E-state index in [2.05, 4.69) is 60.7 Å². The van der Waals surface area contributed by atoms with Gasteiger partial charge in [0.25, 0.3) is 0 Å². The van der Waals surface area contributed by atoms with E-state index in [0.29, 0.717) is 0 Å². The van der Waals surface area contributed by atoms with Crippen LogP contribution in [0.3, 0.4) is 0 Å². The zero-order valence-corrected chi connectivity index (χ0v) is 12.3. The van der Waals surface area contributed by atoms with Crippen LogP contribution in [0.5, 0.6) is 0 Å². The molecule has 0 spiro atoms. The Labute approximate surface area is 122 Å². The van der Waals surface area contributed by atoms with E-state index in [1.807, 2.05) is 6.07 Å². The molecule has 2 aromatic heterocycles. The molecule has 90 valence electrons. The molecule has 0 aliphatic carbocycles. The molecule has 2 heterocycles. The molecule has 0 fully saturated rings. The highest BCUT2D eigenvalue weighted by Crippen LogP contribution is 2.27. The normalized spacial score (nSPS) is 10.9. The van der Waals surface area contributed by atoms with Crippen LogP contribution in [0.25, 0.3) is 11.2 Å². The number of rotatable bonds is 3. The number of thioether (sulfide) groups is 1. The molecule has 6 heteroatoms. The molecule has 3 aromatic rings. The Balaban J connectivity index is 1.85. The predicted octanol–water partition coefficient (Wildman–Crippen LogP) is 3.25. The lowest BCUT2D eigenvalue weighted by atomic mass is 10.2. The van der Waals surface area contributed by atoms with Crippen LogP contribution in [-0.2, 0) is 5.75 Å². The van der Waals surface area contributed by atoms with Crippen molar-refractivity contribution in [3.05, 3.63) is 46.1 Å². The number of nitrogens with one attached hydrogen (secondary N) is 1. The summed E-state index contributed by atoms with van der Waals surface area (Å²) in [6, 6.07) is 8.36. The summed E-state index contributed by atoms with van der Waals surface area (Å²) in [6.45, 7) is 0. The van der Waals surface area contributed by atoms with E-state index in [1.165, 1.54) is 9.13 Å². The number of hydrogen-bond acceptors (Lipinski definition) is 4. The number of fused-ring (bicyclic) bond motifs is 1. The lowest BCUT2D eigenvalue weighted by Gasteiger charge is -2.04. The molecule has 0 bridgehead atoms. The van der Waals surface area contributed by atoms with Gasteiger partial charge in [-0.3, -0.25) is 0 Å². The maximum absolute atomic E-state index is 4.30. The van der Waals surface area contributed by atoms with Gasteiger partial charge in [-0.15, -0.1) is 0 Å². The first-order valence-corrected chi connectivity index (χ1v) is 7.41. The summed E-state index contributed by atoms with van der Waals surface area (Å²) in [5.74, 6) is 0.893. The van der Waals surface area contributed by atoms with E-state index >= 15 is 0 Å². The third-order valence-corrected chi connectivity index (χ3v) is 4.60. The van der Waals surface area contributed by atoms with E-state index < -0.39 is 0 Å². The van der Waals surface area contributed by atoms with Crippen LogP contribution in [0.1, 0.15) is 5.56 Å². The van der Waals surface area contributed by atoms with Crippen LogP contribution < -0.4 is 0 Å². The summed E-state index contributed by atoms with van der Waals surface area (Å²) in [6.07, 6.45) is 3.21. The van der Waals surface area contributed by atoms with Crippen molar-refractivity contribution in [2.75, 3.05) is 0 Å². The maximum Gasteiger partial charge on any atom is 0.181 e. The zero-order chi connectivity index (χ0) is 12.4. The first-order chi connectivity index (χ1) is 8.84. The van der Waals surface area contributed by atoms with Crippen molar-refractivity contribution < 1.29 is 0 Å². The number of benzene rings is 1. The highest BCUT2D eigenvalue weighted by Gasteiger charge is 2.07. The molecule has 0 atom stereocenters. The van der Waals surface area contributed by atoms with Crippen LogP contribution in [0.4, 0.5) is 0 Å². The van der Waals surface area contributed by atoms with Crippen LogP contribution in [0.15, 0.2) is 41.9 Å². The number of aromatic amines is 1. The Bertz CT molecular complexity index is 682. The summed E-state index contributed by atoms with van der Waals surface area (Å²) in [5, 5.41) is 0.942. The Kier molecular flexibility index (Phi) is 3.46. The zero-order valence-electron chi connectivity index (χ0n) is 9.30. The molecule has 0 amide bonds. The molecule has 1 aromatic carbocycles. The minimum absolute atomic E-state index is 0.718. The monoisotopic (exact) mass is 368 g/mol. The second kappa shape index (κ2) is 5.23. The number of halogens is 1. The van der Waals surface area contributed by atoms with E-state index in [1.54, 1.807) is 24.4 Å². The van der Waals surface area contributed by atoms with Crippen LogP contribution in [0, 0.1) is 3.57 Å². The van der Waals surface area contributed by atoms with Gasteiger partial charge in [-0.2, -0.15) is 0 Å². The van der Waals surface area contributed by atoms with Gasteiger partial charge in [-0.05, 0) is 34.2 Å². The lowest BCUT2D eigenvalue weighted by molar-refractivity contribution is 1.08. The molecule has 0 aliphatic heterocycles. The topological polar surface area (TPSA) is 54.5 Å². The highest BCUT2D eigenvalue weighted by molar-refractivity contribution is 14.1. The summed E-state index contributed by atoms with van der Waals surface area (Å²) < 4.78 is 1.28. The Morgan fingerprint density at radius 3 is 2.94 bits per heavy atom. The second-order valence-electron chi connectivity index (χ2n) is 3.66. The smallest absolute Gasteiger partial charge is 0.181 e. The fraction of sp³-hybridized carbons (Fsp3) is 0.0833. The standard InChI is InChI=1S/C12H9IN4S/c13-9-4-2-1-3-8(9)5-18-12-10-11(15-6-14-10)16-7-17-12/h1-4,6-7H,5H2,(H,14,15,16,17). The first-order valence-electron chi connectivity index (χ1n) is 5.35. The Morgan fingerprint density at radius 1 is 1.17 bits per heavy atom. The van der Waals surface area contributed by atoms with Gasteiger partial charge < -0.3 is 4.98 Å². The second-order valence-corrected chi connectivity index (χ2v) is 5.79. The molecule has 4 nitrogen and oxygen atoms in total. The van der Waals surface area contributed by atoms with Crippen LogP contribution in [-0.4, -0.2) is 19.9 Å². The van der Waals surface area contributed by atoms with Crippen LogP contribution in [0.2, 0.25) is 0 Å². The number of nitrogens with zero attached hydrogens (tertiary/aromatic N) is 3. The van der Waals surface area contributed by atoms with Crippen molar-refractivity contribution in [2.24, 2.45) is 0 Å². The fourth-order valence-corrected chi connectivity index (χ4v) is 3.41. The first kappa shape index (κ1) is 11.9. The van der Waals surface area contributed by atoms with Crippen molar-refractivity contribution >= 4 is 45.5 Å². The largest absolute Gasteiger partial charge is 0.341 e. The minimum Gasteiger partial charge on any atom is -0.341 e. The van der Waals surface area contributed by atoms with E-state index in [-0.39, 0.29) is 0 Å². The van der Waals surface area contributed by atoms with Crippen molar-refractivity contribution in [3.63, 3.8) is 0 Å². The molecule has 3 rings (SSSR count). The van der Waals surface area contributed by atoms with Crippen molar-refractivity contribution in [1.82, 2.24) is 19.9 Å². The average Bonchev–Trinajstić information content (AvgIpc) is 2.86. The summed E-state index contributed by atoms with van der Waals surface area (Å²) in [7, 11) is 0. The van der Waals surface area contributed by atoms with Gasteiger partial charge in [0, 0.05) is 9.32 Å². The van der Waals surface area contributed by atoms with Gasteiger partial charge in [0.2, 0.25) is 0 Å². The summed E-state index contributed by atoms with van der Waals surface area (Å²) in [5.41, 5.74) is 2.94. The Morgan fingerprint density at radius 2 is 2.06 bits per heavy atom. The molecular weight excluding hydrogens is 359 g/mol. The van der Waals surface area contributed by atoms with E-state index in [9.17, 15) is 0 Å². The molecule has 0 saturated carbocycles. The molecular formula is C12H9IN4S. The maximum atomic E-state index is 4.30. The number of H-pyrrole nitrogens is 1. The van der Waals surface area contributed by atoms with Gasteiger partial charge in [0.15, 0.2) is 5.65 Å². The third kappa shape index (κ3) is 2.35. The van der Waals surface area contributed by atoms with Crippen molar-refractivity contribution in [2.45, 2.75) is 10.8 Å². The van der Waals surface area contributed by atoms with Crippen molar-refractivity contribution in [1.29, 1.82) is 0 Å². The SMILES string of the molecule is Ic1ccccc1CSc1ncnc2nc[nH]c12. The lowest BCUT2D eigenvalue weighted by Crippen LogP contribution is -1.89. The van der Waals surface area contributed by atoms with E-state index in [0.717, 1.165) is 21.9 Å². The summed E-state index contributed by atoms with van der Waals surface area (Å²) >= 11 is 4.05. The highest BCUT2D eigenvalue weighted by atomic mass is 127. The number of imidazole rings is 1. The minimum atomic E-state index is 0.718. The molecule has 0 unspecified atom stereocenters. The Hall–Kier alpha value is -1.15. The fourth-order valence-electron chi connectivity index (χ4n) is 1.61. The van der Waals surface area contributed by atoms with Crippen molar-refractivity contribution in [3.8, 4) is 0 Å². The molecule has 0 aliphatic rings. The van der Waals surface area contributed by atoms with Gasteiger partial charge >= 0.3 is 0 Å². The predicted molar refractivity (Wildman–Crippen MR) is 80.4 cm³/mol. The van der Waals surface area contributed by atoms with Gasteiger partial charge in [0.05, 0.1) is 6.33 Å². The number of aromatic nitrogens is 4. The summed E-state index contributed by atoms with van der Waals surface area (Å²) in [4.78, 5) is 15.6. The molecule has 1 N–H and O–H groups in total. The average molecular weight is 368 g/mol. The number of hydrogen-bond donors (Lipinski definition) is 1. The van der Waals surface area contributed by atoms with Gasteiger partial charge in [-0.1, -0.05) is 30.0 Å². The quantitative estimate of drug-likeness (QED) is 0.438. The third-order valence-electron chi connectivity index (χ3n) is 2.51. The van der Waals surface area contributed by atoms with Gasteiger partial charge in [-0.25, -0.2) is 15.0 Å². The van der Waals surface area contributed by atoms with E-state index in [4.69, 9.17) is 0 Å².